The molecule has 0 radical (unpaired) electrons. The third-order valence-corrected chi connectivity index (χ3v) is 2.64. The predicted molar refractivity (Wildman–Crippen MR) is 73.1 cm³/mol. The first kappa shape index (κ1) is 16.7. The van der Waals surface area contributed by atoms with Crippen LogP contribution in [-0.4, -0.2) is 32.3 Å². The Labute approximate surface area is 120 Å². The number of rotatable bonds is 6. The van der Waals surface area contributed by atoms with E-state index in [9.17, 15) is 18.0 Å². The van der Waals surface area contributed by atoms with Gasteiger partial charge in [0.25, 0.3) is 6.43 Å². The van der Waals surface area contributed by atoms with Crippen molar-refractivity contribution in [3.8, 4) is 0 Å². The molecule has 0 aromatic heterocycles. The highest BCUT2D eigenvalue weighted by atomic mass is 19.3. The number of benzene rings is 1. The normalized spacial score (nSPS) is 11.9. The van der Waals surface area contributed by atoms with Crippen molar-refractivity contribution < 1.29 is 22.7 Å². The van der Waals surface area contributed by atoms with E-state index in [2.05, 4.69) is 10.1 Å². The van der Waals surface area contributed by atoms with Gasteiger partial charge in [-0.25, -0.2) is 18.0 Å². The Hall–Kier alpha value is -2.31. The lowest BCUT2D eigenvalue weighted by molar-refractivity contribution is 0.0600. The molecule has 0 saturated carbocycles. The van der Waals surface area contributed by atoms with Gasteiger partial charge < -0.3 is 15.5 Å². The first-order valence-corrected chi connectivity index (χ1v) is 6.10. The Kier molecular flexibility index (Phi) is 5.95. The van der Waals surface area contributed by atoms with Gasteiger partial charge in [0.1, 0.15) is 5.82 Å². The van der Waals surface area contributed by atoms with Crippen LogP contribution in [0.5, 0.6) is 0 Å². The molecule has 0 fully saturated rings. The highest BCUT2D eigenvalue weighted by Gasteiger charge is 2.18. The number of hydrogen-bond donors (Lipinski definition) is 2. The van der Waals surface area contributed by atoms with Crippen molar-refractivity contribution >= 4 is 17.9 Å². The highest BCUT2D eigenvalue weighted by molar-refractivity contribution is 5.93. The van der Waals surface area contributed by atoms with E-state index in [4.69, 9.17) is 5.41 Å². The fourth-order valence-corrected chi connectivity index (χ4v) is 1.76. The Bertz CT molecular complexity index is 571. The molecule has 7 heteroatoms. The van der Waals surface area contributed by atoms with Crippen LogP contribution in [-0.2, 0) is 4.74 Å². The molecule has 0 unspecified atom stereocenters. The number of ether oxygens (including phenoxy) is 1. The van der Waals surface area contributed by atoms with Crippen molar-refractivity contribution in [1.82, 2.24) is 5.32 Å². The number of alkyl halides is 2. The minimum Gasteiger partial charge on any atom is -0.465 e. The largest absolute Gasteiger partial charge is 0.465 e. The topological polar surface area (TPSA) is 62.2 Å². The smallest absolute Gasteiger partial charge is 0.337 e. The van der Waals surface area contributed by atoms with Crippen LogP contribution >= 0.6 is 0 Å². The molecule has 0 spiro atoms. The summed E-state index contributed by atoms with van der Waals surface area (Å²) in [6.07, 6.45) is -2.40. The molecular formula is C14H15F3N2O2. The van der Waals surface area contributed by atoms with E-state index in [0.29, 0.717) is 12.8 Å². The van der Waals surface area contributed by atoms with E-state index in [1.807, 2.05) is 0 Å². The zero-order chi connectivity index (χ0) is 16.0. The van der Waals surface area contributed by atoms with Crippen LogP contribution in [0, 0.1) is 11.2 Å². The van der Waals surface area contributed by atoms with Crippen molar-refractivity contribution in [3.05, 3.63) is 40.7 Å². The molecule has 1 aromatic carbocycles. The lowest BCUT2D eigenvalue weighted by Gasteiger charge is -2.14. The average Bonchev–Trinajstić information content (AvgIpc) is 2.45. The predicted octanol–water partition coefficient (Wildman–Crippen LogP) is 2.85. The van der Waals surface area contributed by atoms with Crippen LogP contribution in [0.1, 0.15) is 22.8 Å². The number of hydrogen-bond acceptors (Lipinski definition) is 4. The van der Waals surface area contributed by atoms with E-state index < -0.39 is 23.8 Å². The molecule has 0 saturated heterocycles. The minimum absolute atomic E-state index is 0.0519. The van der Waals surface area contributed by atoms with Crippen LogP contribution in [0.3, 0.4) is 0 Å². The minimum atomic E-state index is -2.90. The van der Waals surface area contributed by atoms with E-state index in [-0.39, 0.29) is 16.8 Å². The van der Waals surface area contributed by atoms with Crippen molar-refractivity contribution in [3.63, 3.8) is 0 Å². The van der Waals surface area contributed by atoms with Crippen LogP contribution in [0.15, 0.2) is 23.8 Å². The van der Waals surface area contributed by atoms with Crippen molar-refractivity contribution in [2.45, 2.75) is 13.3 Å². The summed E-state index contributed by atoms with van der Waals surface area (Å²) in [6, 6.07) is 3.19. The fraction of sp³-hybridized carbons (Fsp3) is 0.286. The van der Waals surface area contributed by atoms with Gasteiger partial charge in [-0.2, -0.15) is 0 Å². The second kappa shape index (κ2) is 7.47. The summed E-state index contributed by atoms with van der Waals surface area (Å²) >= 11 is 0. The van der Waals surface area contributed by atoms with Crippen molar-refractivity contribution in [2.75, 3.05) is 13.7 Å². The SMILES string of the molecule is CCN/C(=C(\C=N)C(F)F)c1cc(F)cc(C(=O)OC)c1. The van der Waals surface area contributed by atoms with Crippen LogP contribution < -0.4 is 5.32 Å². The molecule has 0 amide bonds. The van der Waals surface area contributed by atoms with Gasteiger partial charge >= 0.3 is 5.97 Å². The molecule has 0 bridgehead atoms. The van der Waals surface area contributed by atoms with E-state index in [1.54, 1.807) is 6.92 Å². The molecule has 4 nitrogen and oxygen atoms in total. The van der Waals surface area contributed by atoms with E-state index in [0.717, 1.165) is 19.2 Å². The number of carbonyl (C=O) groups excluding carboxylic acids is 1. The zero-order valence-corrected chi connectivity index (χ0v) is 11.5. The van der Waals surface area contributed by atoms with E-state index >= 15 is 0 Å². The maximum absolute atomic E-state index is 13.6. The standard InChI is InChI=1S/C14H15F3N2O2/c1-3-19-12(11(7-18)13(16)17)8-4-9(14(20)21-2)6-10(15)5-8/h4-7,13,18-19H,3H2,1-2H3/b12-11+,18-7?. The Morgan fingerprint density at radius 1 is 1.38 bits per heavy atom. The lowest BCUT2D eigenvalue weighted by atomic mass is 10.0. The monoisotopic (exact) mass is 300 g/mol. The molecular weight excluding hydrogens is 285 g/mol. The first-order valence-electron chi connectivity index (χ1n) is 6.10. The summed E-state index contributed by atoms with van der Waals surface area (Å²) in [5, 5.41) is 9.76. The van der Waals surface area contributed by atoms with Crippen LogP contribution in [0.25, 0.3) is 5.70 Å². The summed E-state index contributed by atoms with van der Waals surface area (Å²) in [5.74, 6) is -1.54. The summed E-state index contributed by atoms with van der Waals surface area (Å²) in [5.41, 5.74) is -0.719. The van der Waals surface area contributed by atoms with E-state index in [1.165, 1.54) is 6.07 Å². The maximum Gasteiger partial charge on any atom is 0.337 e. The Morgan fingerprint density at radius 2 is 2.00 bits per heavy atom. The number of carbonyl (C=O) groups is 1. The third-order valence-electron chi connectivity index (χ3n) is 2.64. The summed E-state index contributed by atoms with van der Waals surface area (Å²) in [6.45, 7) is 1.97. The molecule has 1 rings (SSSR count). The molecule has 1 aromatic rings. The number of nitrogens with one attached hydrogen (secondary N) is 2. The molecule has 114 valence electrons. The maximum atomic E-state index is 13.6. The van der Waals surface area contributed by atoms with Gasteiger partial charge in [-0.1, -0.05) is 0 Å². The molecule has 0 aliphatic heterocycles. The van der Waals surface area contributed by atoms with Gasteiger partial charge in [-0.3, -0.25) is 0 Å². The molecule has 0 aliphatic rings. The van der Waals surface area contributed by atoms with Crippen LogP contribution in [0.4, 0.5) is 13.2 Å². The Morgan fingerprint density at radius 3 is 2.48 bits per heavy atom. The molecule has 2 N–H and O–H groups in total. The van der Waals surface area contributed by atoms with Gasteiger partial charge in [0, 0.05) is 18.3 Å². The molecule has 0 heterocycles. The van der Waals surface area contributed by atoms with Gasteiger partial charge in [0.2, 0.25) is 0 Å². The fourth-order valence-electron chi connectivity index (χ4n) is 1.76. The third kappa shape index (κ3) is 4.08. The van der Waals surface area contributed by atoms with Gasteiger partial charge in [0.05, 0.1) is 23.9 Å². The summed E-state index contributed by atoms with van der Waals surface area (Å²) in [7, 11) is 1.14. The highest BCUT2D eigenvalue weighted by Crippen LogP contribution is 2.22. The van der Waals surface area contributed by atoms with Gasteiger partial charge in [0.15, 0.2) is 0 Å². The zero-order valence-electron chi connectivity index (χ0n) is 11.5. The van der Waals surface area contributed by atoms with Crippen LogP contribution in [0.2, 0.25) is 0 Å². The number of esters is 1. The summed E-state index contributed by atoms with van der Waals surface area (Å²) < 4.78 is 44.0. The second-order valence-corrected chi connectivity index (χ2v) is 4.03. The van der Waals surface area contributed by atoms with Gasteiger partial charge in [-0.15, -0.1) is 0 Å². The first-order chi connectivity index (χ1) is 9.94. The van der Waals surface area contributed by atoms with Crippen molar-refractivity contribution in [1.29, 1.82) is 5.41 Å². The molecule has 0 aliphatic carbocycles. The second-order valence-electron chi connectivity index (χ2n) is 4.03. The summed E-state index contributed by atoms with van der Waals surface area (Å²) in [4.78, 5) is 11.5. The molecule has 0 atom stereocenters. The lowest BCUT2D eigenvalue weighted by Crippen LogP contribution is -2.18. The molecule has 21 heavy (non-hydrogen) atoms. The quantitative estimate of drug-likeness (QED) is 0.627. The van der Waals surface area contributed by atoms with Gasteiger partial charge in [-0.05, 0) is 25.1 Å². The Balaban J connectivity index is 3.48. The number of allylic oxidation sites excluding steroid dienone is 1. The number of halogens is 3. The average molecular weight is 300 g/mol. The van der Waals surface area contributed by atoms with Crippen molar-refractivity contribution in [2.24, 2.45) is 0 Å². The number of methoxy groups -OCH3 is 1.